The summed E-state index contributed by atoms with van der Waals surface area (Å²) in [7, 11) is 1.25. The van der Waals surface area contributed by atoms with Gasteiger partial charge in [0.1, 0.15) is 5.56 Å². The molecular weight excluding hydrogens is 399 g/mol. The Balaban J connectivity index is 2.47. The highest BCUT2D eigenvalue weighted by molar-refractivity contribution is 6.42. The summed E-state index contributed by atoms with van der Waals surface area (Å²) in [5.74, 6) is -0.717. The maximum atomic E-state index is 13.4. The Labute approximate surface area is 172 Å². The molecule has 0 amide bonds. The number of pyridine rings is 2. The first-order valence-electron chi connectivity index (χ1n) is 8.63. The van der Waals surface area contributed by atoms with Crippen LogP contribution in [-0.4, -0.2) is 22.6 Å². The van der Waals surface area contributed by atoms with Crippen molar-refractivity contribution in [3.63, 3.8) is 0 Å². The van der Waals surface area contributed by atoms with Crippen LogP contribution in [0.5, 0.6) is 0 Å². The number of ether oxygens (including phenoxy) is 1. The van der Waals surface area contributed by atoms with Gasteiger partial charge in [0.25, 0.3) is 0 Å². The number of carbonyl (C=O) groups is 1. The molecule has 2 aromatic heterocycles. The molecule has 0 fully saturated rings. The smallest absolute Gasteiger partial charge is 0.344 e. The van der Waals surface area contributed by atoms with Crippen LogP contribution in [0.1, 0.15) is 23.0 Å². The molecule has 28 heavy (non-hydrogen) atoms. The van der Waals surface area contributed by atoms with Gasteiger partial charge in [-0.15, -0.1) is 0 Å². The zero-order valence-electron chi connectivity index (χ0n) is 15.6. The average Bonchev–Trinajstić information content (AvgIpc) is 2.70. The summed E-state index contributed by atoms with van der Waals surface area (Å²) < 4.78 is 6.82. The third kappa shape index (κ3) is 3.43. The standard InChI is InChI=1S/C21H18Cl2N2O3/c1-4-25-12(2)17(16-7-5-6-10-24-16)20(26)18(21(27)28-3)19(25)13-8-9-14(22)15(23)11-13/h5-11H,4H2,1-3H3. The lowest BCUT2D eigenvalue weighted by Gasteiger charge is -2.21. The van der Waals surface area contributed by atoms with Crippen molar-refractivity contribution >= 4 is 29.2 Å². The number of carbonyl (C=O) groups excluding carboxylic acids is 1. The zero-order chi connectivity index (χ0) is 20.4. The van der Waals surface area contributed by atoms with Crippen LogP contribution < -0.4 is 5.43 Å². The number of hydrogen-bond acceptors (Lipinski definition) is 4. The molecule has 5 nitrogen and oxygen atoms in total. The molecule has 3 rings (SSSR count). The van der Waals surface area contributed by atoms with E-state index in [9.17, 15) is 9.59 Å². The molecule has 0 aliphatic heterocycles. The van der Waals surface area contributed by atoms with E-state index in [0.717, 1.165) is 0 Å². The maximum absolute atomic E-state index is 13.4. The number of esters is 1. The highest BCUT2D eigenvalue weighted by atomic mass is 35.5. The molecule has 7 heteroatoms. The highest BCUT2D eigenvalue weighted by Gasteiger charge is 2.27. The minimum Gasteiger partial charge on any atom is -0.465 e. The fourth-order valence-electron chi connectivity index (χ4n) is 3.28. The van der Waals surface area contributed by atoms with E-state index < -0.39 is 11.4 Å². The number of halogens is 2. The van der Waals surface area contributed by atoms with Gasteiger partial charge in [-0.2, -0.15) is 0 Å². The average molecular weight is 417 g/mol. The third-order valence-corrected chi connectivity index (χ3v) is 5.29. The molecule has 3 aromatic rings. The van der Waals surface area contributed by atoms with Gasteiger partial charge < -0.3 is 9.30 Å². The number of nitrogens with zero attached hydrogens (tertiary/aromatic N) is 2. The molecule has 144 valence electrons. The Hall–Kier alpha value is -2.63. The minimum absolute atomic E-state index is 0.0611. The SMILES string of the molecule is CCn1c(C)c(-c2ccccn2)c(=O)c(C(=O)OC)c1-c1ccc(Cl)c(Cl)c1. The van der Waals surface area contributed by atoms with Gasteiger partial charge in [-0.05, 0) is 38.1 Å². The molecule has 2 heterocycles. The number of hydrogen-bond donors (Lipinski definition) is 0. The van der Waals surface area contributed by atoms with Gasteiger partial charge in [0.2, 0.25) is 5.43 Å². The predicted octanol–water partition coefficient (Wildman–Crippen LogP) is 5.00. The Morgan fingerprint density at radius 2 is 1.93 bits per heavy atom. The number of aromatic nitrogens is 2. The van der Waals surface area contributed by atoms with Crippen LogP contribution in [0.3, 0.4) is 0 Å². The quantitative estimate of drug-likeness (QED) is 0.561. The summed E-state index contributed by atoms with van der Waals surface area (Å²) in [6.07, 6.45) is 1.61. The summed E-state index contributed by atoms with van der Waals surface area (Å²) in [5, 5.41) is 0.716. The maximum Gasteiger partial charge on any atom is 0.344 e. The Kier molecular flexibility index (Phi) is 5.87. The predicted molar refractivity (Wildman–Crippen MR) is 111 cm³/mol. The fourth-order valence-corrected chi connectivity index (χ4v) is 3.58. The van der Waals surface area contributed by atoms with E-state index in [-0.39, 0.29) is 5.56 Å². The Bertz CT molecular complexity index is 1110. The van der Waals surface area contributed by atoms with Crippen molar-refractivity contribution in [2.75, 3.05) is 7.11 Å². The second kappa shape index (κ2) is 8.17. The molecule has 1 aromatic carbocycles. The van der Waals surface area contributed by atoms with E-state index in [2.05, 4.69) is 4.98 Å². The van der Waals surface area contributed by atoms with Crippen molar-refractivity contribution in [2.45, 2.75) is 20.4 Å². The molecule has 0 N–H and O–H groups in total. The van der Waals surface area contributed by atoms with Crippen LogP contribution in [0.15, 0.2) is 47.4 Å². The lowest BCUT2D eigenvalue weighted by Crippen LogP contribution is -2.26. The Morgan fingerprint density at radius 1 is 1.18 bits per heavy atom. The fraction of sp³-hybridized carbons (Fsp3) is 0.190. The van der Waals surface area contributed by atoms with Crippen molar-refractivity contribution in [2.24, 2.45) is 0 Å². The molecule has 0 saturated heterocycles. The molecular formula is C21H18Cl2N2O3. The van der Waals surface area contributed by atoms with Crippen LogP contribution in [0, 0.1) is 6.92 Å². The zero-order valence-corrected chi connectivity index (χ0v) is 17.1. The molecule has 0 saturated carbocycles. The van der Waals surface area contributed by atoms with Crippen LogP contribution in [-0.2, 0) is 11.3 Å². The van der Waals surface area contributed by atoms with E-state index in [1.54, 1.807) is 42.6 Å². The first-order chi connectivity index (χ1) is 13.4. The number of methoxy groups -OCH3 is 1. The first-order valence-corrected chi connectivity index (χ1v) is 9.38. The van der Waals surface area contributed by atoms with Gasteiger partial charge in [0.05, 0.1) is 34.1 Å². The summed E-state index contributed by atoms with van der Waals surface area (Å²) in [4.78, 5) is 30.3. The van der Waals surface area contributed by atoms with Crippen molar-refractivity contribution in [1.82, 2.24) is 9.55 Å². The molecule has 0 atom stereocenters. The first kappa shape index (κ1) is 20.1. The van der Waals surface area contributed by atoms with Crippen molar-refractivity contribution < 1.29 is 9.53 Å². The van der Waals surface area contributed by atoms with E-state index >= 15 is 0 Å². The molecule has 0 aliphatic carbocycles. The second-order valence-corrected chi connectivity index (χ2v) is 6.91. The van der Waals surface area contributed by atoms with Gasteiger partial charge in [-0.3, -0.25) is 9.78 Å². The van der Waals surface area contributed by atoms with Gasteiger partial charge in [0, 0.05) is 24.0 Å². The number of benzene rings is 1. The Morgan fingerprint density at radius 3 is 2.50 bits per heavy atom. The van der Waals surface area contributed by atoms with Gasteiger partial charge in [-0.1, -0.05) is 35.3 Å². The molecule has 0 radical (unpaired) electrons. The molecule has 0 bridgehead atoms. The summed E-state index contributed by atoms with van der Waals surface area (Å²) in [5.41, 5.74) is 2.10. The van der Waals surface area contributed by atoms with Gasteiger partial charge in [0.15, 0.2) is 0 Å². The molecule has 0 spiro atoms. The normalized spacial score (nSPS) is 10.8. The lowest BCUT2D eigenvalue weighted by molar-refractivity contribution is 0.0599. The second-order valence-electron chi connectivity index (χ2n) is 6.09. The van der Waals surface area contributed by atoms with Crippen molar-refractivity contribution in [1.29, 1.82) is 0 Å². The van der Waals surface area contributed by atoms with E-state index in [0.29, 0.717) is 44.8 Å². The van der Waals surface area contributed by atoms with Gasteiger partial charge >= 0.3 is 5.97 Å². The summed E-state index contributed by atoms with van der Waals surface area (Å²) >= 11 is 12.2. The topological polar surface area (TPSA) is 61.2 Å². The number of rotatable bonds is 4. The van der Waals surface area contributed by atoms with Crippen LogP contribution in [0.25, 0.3) is 22.5 Å². The van der Waals surface area contributed by atoms with E-state index in [4.69, 9.17) is 27.9 Å². The van der Waals surface area contributed by atoms with Crippen molar-refractivity contribution in [3.05, 3.63) is 74.1 Å². The summed E-state index contributed by atoms with van der Waals surface area (Å²) in [6, 6.07) is 10.3. The van der Waals surface area contributed by atoms with Crippen LogP contribution >= 0.6 is 23.2 Å². The van der Waals surface area contributed by atoms with E-state index in [1.807, 2.05) is 18.4 Å². The highest BCUT2D eigenvalue weighted by Crippen LogP contribution is 2.32. The lowest BCUT2D eigenvalue weighted by atomic mass is 9.98. The monoisotopic (exact) mass is 416 g/mol. The summed E-state index contributed by atoms with van der Waals surface area (Å²) in [6.45, 7) is 4.28. The van der Waals surface area contributed by atoms with Crippen LogP contribution in [0.4, 0.5) is 0 Å². The minimum atomic E-state index is -0.717. The largest absolute Gasteiger partial charge is 0.465 e. The molecule has 0 unspecified atom stereocenters. The van der Waals surface area contributed by atoms with Crippen LogP contribution in [0.2, 0.25) is 10.0 Å². The van der Waals surface area contributed by atoms with Gasteiger partial charge in [-0.25, -0.2) is 4.79 Å². The van der Waals surface area contributed by atoms with E-state index in [1.165, 1.54) is 7.11 Å². The third-order valence-electron chi connectivity index (χ3n) is 4.55. The van der Waals surface area contributed by atoms with Crippen molar-refractivity contribution in [3.8, 4) is 22.5 Å². The molecule has 0 aliphatic rings.